The van der Waals surface area contributed by atoms with Gasteiger partial charge in [0.25, 0.3) is 0 Å². The van der Waals surface area contributed by atoms with Crippen molar-refractivity contribution in [2.24, 2.45) is 5.73 Å². The number of benzene rings is 1. The van der Waals surface area contributed by atoms with E-state index in [2.05, 4.69) is 10.1 Å². The van der Waals surface area contributed by atoms with Crippen LogP contribution in [0.5, 0.6) is 0 Å². The van der Waals surface area contributed by atoms with Crippen molar-refractivity contribution in [2.75, 3.05) is 11.5 Å². The van der Waals surface area contributed by atoms with Gasteiger partial charge >= 0.3 is 0 Å². The Morgan fingerprint density at radius 1 is 1.35 bits per heavy atom. The van der Waals surface area contributed by atoms with Gasteiger partial charge in [0.05, 0.1) is 5.92 Å². The molecule has 1 saturated heterocycles. The Morgan fingerprint density at radius 2 is 2.20 bits per heavy atom. The van der Waals surface area contributed by atoms with Crippen molar-refractivity contribution in [3.8, 4) is 0 Å². The van der Waals surface area contributed by atoms with Crippen molar-refractivity contribution < 1.29 is 4.52 Å². The summed E-state index contributed by atoms with van der Waals surface area (Å²) in [6.07, 6.45) is 0.522. The first-order valence-electron chi connectivity index (χ1n) is 6.23. The first-order valence-corrected chi connectivity index (χ1v) is 8.14. The molecule has 3 rings (SSSR count). The minimum absolute atomic E-state index is 0.0902. The smallest absolute Gasteiger partial charge is 0.232 e. The van der Waals surface area contributed by atoms with Gasteiger partial charge in [-0.2, -0.15) is 16.7 Å². The van der Waals surface area contributed by atoms with Crippen molar-refractivity contribution in [3.05, 3.63) is 45.5 Å². The number of halogens is 2. The van der Waals surface area contributed by atoms with Crippen LogP contribution in [0.4, 0.5) is 0 Å². The number of hydrogen-bond donors (Lipinski definition) is 1. The van der Waals surface area contributed by atoms with Crippen molar-refractivity contribution in [3.63, 3.8) is 0 Å². The monoisotopic (exact) mass is 329 g/mol. The molecule has 4 nitrogen and oxygen atoms in total. The Bertz CT molecular complexity index is 619. The number of rotatable bonds is 3. The van der Waals surface area contributed by atoms with Gasteiger partial charge in [0.15, 0.2) is 5.82 Å². The summed E-state index contributed by atoms with van der Waals surface area (Å²) in [7, 11) is 0. The summed E-state index contributed by atoms with van der Waals surface area (Å²) >= 11 is 13.8. The molecule has 0 bridgehead atoms. The molecule has 0 radical (unpaired) electrons. The third kappa shape index (κ3) is 2.96. The van der Waals surface area contributed by atoms with Crippen LogP contribution in [0.25, 0.3) is 0 Å². The minimum atomic E-state index is 0.0902. The van der Waals surface area contributed by atoms with Gasteiger partial charge in [-0.15, -0.1) is 0 Å². The Kier molecular flexibility index (Phi) is 4.21. The molecule has 0 amide bonds. The second-order valence-electron chi connectivity index (χ2n) is 4.77. The zero-order chi connectivity index (χ0) is 14.1. The molecule has 20 heavy (non-hydrogen) atoms. The van der Waals surface area contributed by atoms with Crippen LogP contribution < -0.4 is 5.73 Å². The topological polar surface area (TPSA) is 64.9 Å². The first kappa shape index (κ1) is 14.2. The maximum atomic E-state index is 6.14. The van der Waals surface area contributed by atoms with Crippen LogP contribution >= 0.6 is 35.0 Å². The average Bonchev–Trinajstić information content (AvgIpc) is 3.01. The van der Waals surface area contributed by atoms with Gasteiger partial charge in [-0.3, -0.25) is 0 Å². The van der Waals surface area contributed by atoms with E-state index < -0.39 is 0 Å². The summed E-state index contributed by atoms with van der Waals surface area (Å²) in [4.78, 5) is 4.44. The number of nitrogens with zero attached hydrogens (tertiary/aromatic N) is 2. The molecule has 2 heterocycles. The molecule has 2 aromatic rings. The van der Waals surface area contributed by atoms with Crippen LogP contribution in [-0.2, 0) is 6.42 Å². The summed E-state index contributed by atoms with van der Waals surface area (Å²) in [5.41, 5.74) is 6.95. The normalized spacial score (nSPS) is 22.4. The fourth-order valence-electron chi connectivity index (χ4n) is 2.15. The molecule has 7 heteroatoms. The van der Waals surface area contributed by atoms with E-state index >= 15 is 0 Å². The van der Waals surface area contributed by atoms with Gasteiger partial charge < -0.3 is 10.3 Å². The highest BCUT2D eigenvalue weighted by Gasteiger charge is 2.30. The fraction of sp³-hybridized carbons (Fsp3) is 0.385. The Hall–Kier alpha value is -0.750. The third-order valence-electron chi connectivity index (χ3n) is 3.29. The highest BCUT2D eigenvalue weighted by Crippen LogP contribution is 2.31. The summed E-state index contributed by atoms with van der Waals surface area (Å²) in [5.74, 6) is 3.27. The average molecular weight is 330 g/mol. The molecule has 1 aromatic heterocycles. The van der Waals surface area contributed by atoms with E-state index in [0.717, 1.165) is 17.1 Å². The van der Waals surface area contributed by atoms with Crippen LogP contribution in [-0.4, -0.2) is 27.7 Å². The van der Waals surface area contributed by atoms with Gasteiger partial charge in [-0.25, -0.2) is 0 Å². The lowest BCUT2D eigenvalue weighted by atomic mass is 10.1. The third-order valence-corrected chi connectivity index (χ3v) is 5.09. The molecule has 2 N–H and O–H groups in total. The van der Waals surface area contributed by atoms with E-state index in [4.69, 9.17) is 33.5 Å². The fourth-order valence-corrected chi connectivity index (χ4v) is 3.91. The zero-order valence-corrected chi connectivity index (χ0v) is 12.9. The largest absolute Gasteiger partial charge is 0.339 e. The number of thioether (sulfide) groups is 1. The molecule has 0 saturated carbocycles. The van der Waals surface area contributed by atoms with Crippen LogP contribution in [0.2, 0.25) is 10.0 Å². The van der Waals surface area contributed by atoms with E-state index in [1.807, 2.05) is 17.8 Å². The van der Waals surface area contributed by atoms with Crippen LogP contribution in [0, 0.1) is 0 Å². The van der Waals surface area contributed by atoms with Crippen LogP contribution in [0.15, 0.2) is 22.7 Å². The molecule has 1 fully saturated rings. The standard InChI is InChI=1S/C13H13Cl2N3OS/c14-8-2-1-7(10(15)4-8)3-12-17-13(19-18-12)9-5-20-6-11(9)16/h1-2,4,9,11H,3,5-6,16H2. The Labute approximate surface area is 131 Å². The lowest BCUT2D eigenvalue weighted by molar-refractivity contribution is 0.349. The maximum Gasteiger partial charge on any atom is 0.232 e. The van der Waals surface area contributed by atoms with Crippen LogP contribution in [0.1, 0.15) is 23.2 Å². The minimum Gasteiger partial charge on any atom is -0.339 e. The van der Waals surface area contributed by atoms with E-state index in [0.29, 0.717) is 28.2 Å². The number of hydrogen-bond acceptors (Lipinski definition) is 5. The SMILES string of the molecule is NC1CSCC1c1nc(Cc2ccc(Cl)cc2Cl)no1. The van der Waals surface area contributed by atoms with E-state index in [1.54, 1.807) is 12.1 Å². The summed E-state index contributed by atoms with van der Waals surface area (Å²) in [6, 6.07) is 5.47. The van der Waals surface area contributed by atoms with E-state index in [1.165, 1.54) is 0 Å². The second kappa shape index (κ2) is 5.93. The molecule has 2 unspecified atom stereocenters. The molecular weight excluding hydrogens is 317 g/mol. The van der Waals surface area contributed by atoms with Crippen molar-refractivity contribution in [1.82, 2.24) is 10.1 Å². The second-order valence-corrected chi connectivity index (χ2v) is 6.69. The molecule has 1 aliphatic heterocycles. The van der Waals surface area contributed by atoms with Gasteiger partial charge in [-0.1, -0.05) is 34.4 Å². The van der Waals surface area contributed by atoms with Gasteiger partial charge in [-0.05, 0) is 17.7 Å². The van der Waals surface area contributed by atoms with Gasteiger partial charge in [0, 0.05) is 34.0 Å². The molecule has 106 valence electrons. The van der Waals surface area contributed by atoms with Gasteiger partial charge in [0.1, 0.15) is 0 Å². The van der Waals surface area contributed by atoms with Crippen molar-refractivity contribution in [2.45, 2.75) is 18.4 Å². The summed E-state index contributed by atoms with van der Waals surface area (Å²) in [6.45, 7) is 0. The number of aromatic nitrogens is 2. The predicted octanol–water partition coefficient (Wildman–Crippen LogP) is 3.12. The summed E-state index contributed by atoms with van der Waals surface area (Å²) in [5, 5.41) is 5.23. The summed E-state index contributed by atoms with van der Waals surface area (Å²) < 4.78 is 5.33. The quantitative estimate of drug-likeness (QED) is 0.937. The first-order chi connectivity index (χ1) is 9.63. The molecular formula is C13H13Cl2N3OS. The van der Waals surface area contributed by atoms with E-state index in [-0.39, 0.29) is 12.0 Å². The molecule has 0 spiro atoms. The van der Waals surface area contributed by atoms with Crippen LogP contribution in [0.3, 0.4) is 0 Å². The van der Waals surface area contributed by atoms with Gasteiger partial charge in [0.2, 0.25) is 5.89 Å². The Balaban J connectivity index is 1.77. The highest BCUT2D eigenvalue weighted by atomic mass is 35.5. The Morgan fingerprint density at radius 3 is 2.90 bits per heavy atom. The molecule has 1 aromatic carbocycles. The van der Waals surface area contributed by atoms with Crippen molar-refractivity contribution in [1.29, 1.82) is 0 Å². The van der Waals surface area contributed by atoms with Crippen molar-refractivity contribution >= 4 is 35.0 Å². The zero-order valence-electron chi connectivity index (χ0n) is 10.6. The predicted molar refractivity (Wildman–Crippen MR) is 81.6 cm³/mol. The lowest BCUT2D eigenvalue weighted by Gasteiger charge is -2.07. The lowest BCUT2D eigenvalue weighted by Crippen LogP contribution is -2.26. The number of nitrogens with two attached hydrogens (primary N) is 1. The maximum absolute atomic E-state index is 6.14. The van der Waals surface area contributed by atoms with E-state index in [9.17, 15) is 0 Å². The molecule has 1 aliphatic rings. The molecule has 2 atom stereocenters. The molecule has 0 aliphatic carbocycles. The highest BCUT2D eigenvalue weighted by molar-refractivity contribution is 7.99.